The Morgan fingerprint density at radius 1 is 0.291 bits per heavy atom. The van der Waals surface area contributed by atoms with Gasteiger partial charge in [-0.1, -0.05) is 158 Å². The molecule has 0 N–H and O–H groups in total. The van der Waals surface area contributed by atoms with Crippen LogP contribution in [0.5, 0.6) is 0 Å². The molecule has 0 saturated heterocycles. The summed E-state index contributed by atoms with van der Waals surface area (Å²) in [5, 5.41) is 10.0. The first-order valence-electron chi connectivity index (χ1n) is 18.6. The Morgan fingerprint density at radius 3 is 1.55 bits per heavy atom. The van der Waals surface area contributed by atoms with Crippen LogP contribution >= 0.6 is 0 Å². The van der Waals surface area contributed by atoms with Gasteiger partial charge >= 0.3 is 0 Å². The molecule has 11 rings (SSSR count). The molecule has 0 spiro atoms. The molecule has 4 nitrogen and oxygen atoms in total. The molecule has 256 valence electrons. The molecule has 0 aliphatic rings. The second-order valence-corrected chi connectivity index (χ2v) is 14.1. The average molecular weight is 701 g/mol. The van der Waals surface area contributed by atoms with E-state index in [1.165, 1.54) is 54.2 Å². The van der Waals surface area contributed by atoms with Crippen molar-refractivity contribution >= 4 is 54.1 Å². The average Bonchev–Trinajstić information content (AvgIpc) is 3.61. The third-order valence-electron chi connectivity index (χ3n) is 10.8. The maximum absolute atomic E-state index is 5.02. The van der Waals surface area contributed by atoms with Gasteiger partial charge in [0.1, 0.15) is 0 Å². The molecular formula is C51H32N4. The van der Waals surface area contributed by atoms with Crippen molar-refractivity contribution in [1.29, 1.82) is 0 Å². The fourth-order valence-electron chi connectivity index (χ4n) is 8.17. The first kappa shape index (κ1) is 31.1. The van der Waals surface area contributed by atoms with Crippen molar-refractivity contribution in [2.24, 2.45) is 0 Å². The highest BCUT2D eigenvalue weighted by atomic mass is 15.0. The molecule has 55 heavy (non-hydrogen) atoms. The predicted octanol–water partition coefficient (Wildman–Crippen LogP) is 13.1. The molecule has 11 aromatic rings. The van der Waals surface area contributed by atoms with E-state index < -0.39 is 0 Å². The van der Waals surface area contributed by atoms with Gasteiger partial charge in [-0.25, -0.2) is 15.0 Å². The maximum atomic E-state index is 5.02. The summed E-state index contributed by atoms with van der Waals surface area (Å²) in [4.78, 5) is 14.9. The molecule has 0 radical (unpaired) electrons. The minimum absolute atomic E-state index is 0.634. The van der Waals surface area contributed by atoms with Crippen LogP contribution in [-0.2, 0) is 0 Å². The topological polar surface area (TPSA) is 43.6 Å². The summed E-state index contributed by atoms with van der Waals surface area (Å²) in [5.41, 5.74) is 8.60. The molecule has 0 aliphatic heterocycles. The summed E-state index contributed by atoms with van der Waals surface area (Å²) >= 11 is 0. The van der Waals surface area contributed by atoms with Crippen LogP contribution in [0.2, 0.25) is 0 Å². The predicted molar refractivity (Wildman–Crippen MR) is 228 cm³/mol. The monoisotopic (exact) mass is 700 g/mol. The Bertz CT molecular complexity index is 3200. The van der Waals surface area contributed by atoms with E-state index >= 15 is 0 Å². The molecular weight excluding hydrogens is 669 g/mol. The molecule has 4 heteroatoms. The number of benzene rings is 9. The van der Waals surface area contributed by atoms with Crippen LogP contribution in [0, 0.1) is 0 Å². The smallest absolute Gasteiger partial charge is 0.164 e. The fourth-order valence-corrected chi connectivity index (χ4v) is 8.17. The van der Waals surface area contributed by atoms with E-state index in [9.17, 15) is 0 Å². The zero-order valence-corrected chi connectivity index (χ0v) is 29.8. The summed E-state index contributed by atoms with van der Waals surface area (Å²) < 4.78 is 2.37. The van der Waals surface area contributed by atoms with Crippen molar-refractivity contribution in [3.05, 3.63) is 194 Å². The number of hydrogen-bond donors (Lipinski definition) is 0. The van der Waals surface area contributed by atoms with Gasteiger partial charge in [0.2, 0.25) is 0 Å². The second kappa shape index (κ2) is 12.6. The van der Waals surface area contributed by atoms with Crippen molar-refractivity contribution in [2.45, 2.75) is 0 Å². The molecule has 0 saturated carbocycles. The van der Waals surface area contributed by atoms with Crippen LogP contribution in [0.1, 0.15) is 0 Å². The quantitative estimate of drug-likeness (QED) is 0.168. The fraction of sp³-hybridized carbons (Fsp3) is 0. The van der Waals surface area contributed by atoms with Crippen molar-refractivity contribution in [1.82, 2.24) is 19.5 Å². The van der Waals surface area contributed by atoms with Crippen LogP contribution in [-0.4, -0.2) is 19.5 Å². The molecule has 2 aromatic heterocycles. The first-order valence-corrected chi connectivity index (χ1v) is 18.6. The number of fused-ring (bicyclic) bond motifs is 8. The van der Waals surface area contributed by atoms with Gasteiger partial charge in [-0.15, -0.1) is 0 Å². The van der Waals surface area contributed by atoms with Gasteiger partial charge in [0.25, 0.3) is 0 Å². The number of hydrogen-bond acceptors (Lipinski definition) is 3. The molecule has 0 bridgehead atoms. The summed E-state index contributed by atoms with van der Waals surface area (Å²) in [5.74, 6) is 1.93. The van der Waals surface area contributed by atoms with Crippen molar-refractivity contribution in [3.63, 3.8) is 0 Å². The lowest BCUT2D eigenvalue weighted by molar-refractivity contribution is 1.07. The normalized spacial score (nSPS) is 11.6. The molecule has 0 fully saturated rings. The van der Waals surface area contributed by atoms with Gasteiger partial charge in [0.05, 0.1) is 11.0 Å². The Kier molecular flexibility index (Phi) is 7.14. The van der Waals surface area contributed by atoms with Gasteiger partial charge in [0.15, 0.2) is 17.5 Å². The van der Waals surface area contributed by atoms with Gasteiger partial charge in [0, 0.05) is 33.2 Å². The van der Waals surface area contributed by atoms with Crippen LogP contribution in [0.25, 0.3) is 105 Å². The van der Waals surface area contributed by atoms with Crippen LogP contribution in [0.15, 0.2) is 194 Å². The zero-order valence-electron chi connectivity index (χ0n) is 29.8. The highest BCUT2D eigenvalue weighted by Gasteiger charge is 2.17. The van der Waals surface area contributed by atoms with E-state index in [1.807, 2.05) is 60.7 Å². The van der Waals surface area contributed by atoms with Gasteiger partial charge < -0.3 is 4.57 Å². The Balaban J connectivity index is 1.04. The highest BCUT2D eigenvalue weighted by Crippen LogP contribution is 2.39. The maximum Gasteiger partial charge on any atom is 0.164 e. The lowest BCUT2D eigenvalue weighted by Gasteiger charge is -2.12. The van der Waals surface area contributed by atoms with Crippen molar-refractivity contribution < 1.29 is 0 Å². The third-order valence-corrected chi connectivity index (χ3v) is 10.8. The molecule has 0 amide bonds. The van der Waals surface area contributed by atoms with Crippen LogP contribution < -0.4 is 0 Å². The van der Waals surface area contributed by atoms with Crippen molar-refractivity contribution in [2.75, 3.05) is 0 Å². The van der Waals surface area contributed by atoms with Crippen LogP contribution in [0.3, 0.4) is 0 Å². The number of nitrogens with zero attached hydrogens (tertiary/aromatic N) is 4. The molecule has 2 heterocycles. The highest BCUT2D eigenvalue weighted by molar-refractivity contribution is 6.21. The lowest BCUT2D eigenvalue weighted by Crippen LogP contribution is -2.01. The van der Waals surface area contributed by atoms with Gasteiger partial charge in [-0.2, -0.15) is 0 Å². The summed E-state index contributed by atoms with van der Waals surface area (Å²) in [7, 11) is 0. The van der Waals surface area contributed by atoms with E-state index in [4.69, 9.17) is 15.0 Å². The third kappa shape index (κ3) is 5.26. The minimum Gasteiger partial charge on any atom is -0.309 e. The number of rotatable bonds is 5. The molecule has 0 aliphatic carbocycles. The second-order valence-electron chi connectivity index (χ2n) is 14.1. The SMILES string of the molecule is c1ccc(-c2nc(-c3ccccc3)nc(-c3cccc(-n4c5ccccc5c5c6ccc(-c7ccc8c(ccc9ccccc98)c7)cc6ccc54)c3)n2)cc1. The lowest BCUT2D eigenvalue weighted by atomic mass is 9.95. The standard InChI is InChI=1S/C51H32N4/c1-3-13-34(14-4-1)49-52-50(35-15-5-2-6-16-35)54-51(53-49)40-17-11-18-41(32-40)55-46-21-10-9-20-45(46)48-44-28-25-37(31-39(44)26-29-47(48)55)36-24-27-43-38(30-36)23-22-33-12-7-8-19-42(33)43/h1-32H. The number of aromatic nitrogens is 4. The Labute approximate surface area is 317 Å². The van der Waals surface area contributed by atoms with Crippen LogP contribution in [0.4, 0.5) is 0 Å². The largest absolute Gasteiger partial charge is 0.309 e. The Morgan fingerprint density at radius 2 is 0.818 bits per heavy atom. The first-order chi connectivity index (χ1) is 27.2. The minimum atomic E-state index is 0.634. The van der Waals surface area contributed by atoms with E-state index in [0.29, 0.717) is 17.5 Å². The molecule has 0 atom stereocenters. The summed E-state index contributed by atoms with van der Waals surface area (Å²) in [6, 6.07) is 68.8. The summed E-state index contributed by atoms with van der Waals surface area (Å²) in [6.45, 7) is 0. The number of para-hydroxylation sites is 1. The molecule has 0 unspecified atom stereocenters. The zero-order chi connectivity index (χ0) is 36.3. The van der Waals surface area contributed by atoms with E-state index in [2.05, 4.69) is 138 Å². The molecule has 9 aromatic carbocycles. The van der Waals surface area contributed by atoms with E-state index in [-0.39, 0.29) is 0 Å². The van der Waals surface area contributed by atoms with Crippen molar-refractivity contribution in [3.8, 4) is 51.0 Å². The van der Waals surface area contributed by atoms with E-state index in [1.54, 1.807) is 0 Å². The van der Waals surface area contributed by atoms with Gasteiger partial charge in [-0.3, -0.25) is 0 Å². The summed E-state index contributed by atoms with van der Waals surface area (Å²) in [6.07, 6.45) is 0. The van der Waals surface area contributed by atoms with E-state index in [0.717, 1.165) is 33.4 Å². The Hall–Kier alpha value is -7.43. The van der Waals surface area contributed by atoms with Gasteiger partial charge in [-0.05, 0) is 79.8 Å².